The second-order valence-electron chi connectivity index (χ2n) is 6.80. The smallest absolute Gasteiger partial charge is 0.256 e. The van der Waals surface area contributed by atoms with Crippen LogP contribution in [0.5, 0.6) is 0 Å². The highest BCUT2D eigenvalue weighted by Crippen LogP contribution is 2.43. The summed E-state index contributed by atoms with van der Waals surface area (Å²) in [5.41, 5.74) is 4.32. The summed E-state index contributed by atoms with van der Waals surface area (Å²) in [6.45, 7) is 7.79. The van der Waals surface area contributed by atoms with E-state index in [0.29, 0.717) is 11.5 Å². The average molecular weight is 285 g/mol. The Kier molecular flexibility index (Phi) is 3.12. The number of carbonyl (C=O) groups excluding carboxylic acids is 1. The molecule has 2 aliphatic rings. The maximum absolute atomic E-state index is 12.3. The van der Waals surface area contributed by atoms with Crippen LogP contribution in [0.3, 0.4) is 0 Å². The Balaban J connectivity index is 2.18. The largest absolute Gasteiger partial charge is 0.509 e. The van der Waals surface area contributed by atoms with Gasteiger partial charge < -0.3 is 10.4 Å². The summed E-state index contributed by atoms with van der Waals surface area (Å²) in [7, 11) is 0. The van der Waals surface area contributed by atoms with Crippen molar-refractivity contribution in [3.8, 4) is 0 Å². The Bertz CT molecular complexity index is 651. The molecule has 0 bridgehead atoms. The summed E-state index contributed by atoms with van der Waals surface area (Å²) in [6, 6.07) is 4.41. The summed E-state index contributed by atoms with van der Waals surface area (Å²) in [6.07, 6.45) is 3.40. The molecule has 0 radical (unpaired) electrons. The van der Waals surface area contributed by atoms with Crippen molar-refractivity contribution in [3.05, 3.63) is 40.1 Å². The third-order valence-corrected chi connectivity index (χ3v) is 4.60. The molecule has 1 heterocycles. The van der Waals surface area contributed by atoms with Crippen molar-refractivity contribution in [2.24, 2.45) is 0 Å². The molecule has 0 atom stereocenters. The van der Waals surface area contributed by atoms with Crippen LogP contribution in [0.1, 0.15) is 61.8 Å². The number of rotatable bonds is 3. The normalized spacial score (nSPS) is 20.9. The maximum atomic E-state index is 12.3. The van der Waals surface area contributed by atoms with Crippen molar-refractivity contribution in [2.45, 2.75) is 58.4 Å². The first-order valence-corrected chi connectivity index (χ1v) is 7.75. The molecule has 3 heteroatoms. The van der Waals surface area contributed by atoms with E-state index in [2.05, 4.69) is 24.4 Å². The van der Waals surface area contributed by atoms with E-state index in [9.17, 15) is 9.90 Å². The minimum Gasteiger partial charge on any atom is -0.509 e. The molecule has 1 fully saturated rings. The quantitative estimate of drug-likeness (QED) is 0.891. The molecule has 1 saturated carbocycles. The van der Waals surface area contributed by atoms with Gasteiger partial charge in [-0.05, 0) is 68.2 Å². The Morgan fingerprint density at radius 1 is 1.33 bits per heavy atom. The molecule has 0 unspecified atom stereocenters. The summed E-state index contributed by atoms with van der Waals surface area (Å²) in [5.74, 6) is 0.679. The lowest BCUT2D eigenvalue weighted by atomic mass is 9.89. The summed E-state index contributed by atoms with van der Waals surface area (Å²) in [4.78, 5) is 12.3. The van der Waals surface area contributed by atoms with Gasteiger partial charge in [0, 0.05) is 0 Å². The van der Waals surface area contributed by atoms with Gasteiger partial charge in [-0.1, -0.05) is 19.1 Å². The summed E-state index contributed by atoms with van der Waals surface area (Å²) in [5, 5.41) is 13.3. The Morgan fingerprint density at radius 2 is 2.00 bits per heavy atom. The molecule has 1 aliphatic carbocycles. The topological polar surface area (TPSA) is 49.3 Å². The number of carbonyl (C=O) groups is 1. The SMILES string of the molecule is CCc1cc(C2CC2)cc(C)c1C1=C(O)C(C)(C)NC1=O. The van der Waals surface area contributed by atoms with Crippen molar-refractivity contribution in [3.63, 3.8) is 0 Å². The van der Waals surface area contributed by atoms with Crippen molar-refractivity contribution in [2.75, 3.05) is 0 Å². The lowest BCUT2D eigenvalue weighted by molar-refractivity contribution is -0.115. The number of benzene rings is 1. The molecule has 21 heavy (non-hydrogen) atoms. The van der Waals surface area contributed by atoms with Crippen LogP contribution in [-0.2, 0) is 11.2 Å². The van der Waals surface area contributed by atoms with Crippen molar-refractivity contribution < 1.29 is 9.90 Å². The van der Waals surface area contributed by atoms with Gasteiger partial charge in [-0.25, -0.2) is 0 Å². The highest BCUT2D eigenvalue weighted by atomic mass is 16.3. The van der Waals surface area contributed by atoms with E-state index >= 15 is 0 Å². The number of nitrogens with one attached hydrogen (secondary N) is 1. The van der Waals surface area contributed by atoms with E-state index < -0.39 is 5.54 Å². The van der Waals surface area contributed by atoms with Crippen LogP contribution in [0.4, 0.5) is 0 Å². The van der Waals surface area contributed by atoms with Gasteiger partial charge in [-0.3, -0.25) is 4.79 Å². The van der Waals surface area contributed by atoms with E-state index in [4.69, 9.17) is 0 Å². The second kappa shape index (κ2) is 4.62. The molecule has 3 nitrogen and oxygen atoms in total. The zero-order chi connectivity index (χ0) is 15.4. The number of aliphatic hydroxyl groups excluding tert-OH is 1. The molecule has 1 amide bonds. The van der Waals surface area contributed by atoms with Gasteiger partial charge in [0.2, 0.25) is 0 Å². The molecule has 1 aromatic carbocycles. The predicted octanol–water partition coefficient (Wildman–Crippen LogP) is 3.61. The van der Waals surface area contributed by atoms with Gasteiger partial charge in [0.1, 0.15) is 5.76 Å². The number of aliphatic hydroxyl groups is 1. The molecule has 1 aliphatic heterocycles. The first-order valence-electron chi connectivity index (χ1n) is 7.75. The third-order valence-electron chi connectivity index (χ3n) is 4.60. The maximum Gasteiger partial charge on any atom is 0.256 e. The minimum atomic E-state index is -0.682. The fourth-order valence-electron chi connectivity index (χ4n) is 3.24. The lowest BCUT2D eigenvalue weighted by Gasteiger charge is -2.18. The zero-order valence-corrected chi connectivity index (χ0v) is 13.2. The van der Waals surface area contributed by atoms with E-state index in [1.807, 2.05) is 20.8 Å². The van der Waals surface area contributed by atoms with Crippen LogP contribution in [0.15, 0.2) is 17.9 Å². The monoisotopic (exact) mass is 285 g/mol. The van der Waals surface area contributed by atoms with Gasteiger partial charge >= 0.3 is 0 Å². The van der Waals surface area contributed by atoms with Gasteiger partial charge in [-0.2, -0.15) is 0 Å². The van der Waals surface area contributed by atoms with Crippen LogP contribution in [0.25, 0.3) is 5.57 Å². The van der Waals surface area contributed by atoms with Gasteiger partial charge in [0.25, 0.3) is 5.91 Å². The zero-order valence-electron chi connectivity index (χ0n) is 13.2. The molecule has 112 valence electrons. The van der Waals surface area contributed by atoms with Crippen LogP contribution in [0.2, 0.25) is 0 Å². The Labute approximate surface area is 126 Å². The fraction of sp³-hybridized carbons (Fsp3) is 0.500. The molecule has 0 aromatic heterocycles. The Hall–Kier alpha value is -1.77. The molecular formula is C18H23NO2. The van der Waals surface area contributed by atoms with Crippen molar-refractivity contribution in [1.82, 2.24) is 5.32 Å². The molecule has 3 rings (SSSR count). The summed E-state index contributed by atoms with van der Waals surface area (Å²) < 4.78 is 0. The van der Waals surface area contributed by atoms with Gasteiger partial charge in [0.15, 0.2) is 0 Å². The number of hydrogen-bond donors (Lipinski definition) is 2. The van der Waals surface area contributed by atoms with Crippen LogP contribution in [0, 0.1) is 6.92 Å². The fourth-order valence-corrected chi connectivity index (χ4v) is 3.24. The summed E-state index contributed by atoms with van der Waals surface area (Å²) >= 11 is 0. The van der Waals surface area contributed by atoms with E-state index in [-0.39, 0.29) is 11.7 Å². The van der Waals surface area contributed by atoms with Crippen LogP contribution in [-0.4, -0.2) is 16.6 Å². The number of hydrogen-bond acceptors (Lipinski definition) is 2. The van der Waals surface area contributed by atoms with E-state index in [1.165, 1.54) is 18.4 Å². The first-order chi connectivity index (χ1) is 9.85. The number of aryl methyl sites for hydroxylation is 2. The van der Waals surface area contributed by atoms with Crippen molar-refractivity contribution in [1.29, 1.82) is 0 Å². The average Bonchev–Trinajstić information content (AvgIpc) is 3.20. The molecule has 0 saturated heterocycles. The van der Waals surface area contributed by atoms with Crippen LogP contribution < -0.4 is 5.32 Å². The lowest BCUT2D eigenvalue weighted by Crippen LogP contribution is -2.38. The third kappa shape index (κ3) is 2.25. The van der Waals surface area contributed by atoms with Gasteiger partial charge in [0.05, 0.1) is 11.1 Å². The first kappa shape index (κ1) is 14.2. The highest BCUT2D eigenvalue weighted by Gasteiger charge is 2.40. The minimum absolute atomic E-state index is 0.157. The number of amides is 1. The van der Waals surface area contributed by atoms with Crippen molar-refractivity contribution >= 4 is 11.5 Å². The molecule has 0 spiro atoms. The predicted molar refractivity (Wildman–Crippen MR) is 84.3 cm³/mol. The van der Waals surface area contributed by atoms with E-state index in [0.717, 1.165) is 23.1 Å². The second-order valence-corrected chi connectivity index (χ2v) is 6.80. The highest BCUT2D eigenvalue weighted by molar-refractivity contribution is 6.23. The molecule has 2 N–H and O–H groups in total. The van der Waals surface area contributed by atoms with E-state index in [1.54, 1.807) is 0 Å². The van der Waals surface area contributed by atoms with Crippen LogP contribution >= 0.6 is 0 Å². The Morgan fingerprint density at radius 3 is 2.48 bits per heavy atom. The molecular weight excluding hydrogens is 262 g/mol. The standard InChI is InChI=1S/C18H23NO2/c1-5-11-9-13(12-6-7-12)8-10(2)14(11)15-16(20)18(3,4)19-17(15)21/h8-9,12,20H,5-7H2,1-4H3,(H,19,21). The molecule has 1 aromatic rings. The van der Waals surface area contributed by atoms with Gasteiger partial charge in [-0.15, -0.1) is 0 Å².